The van der Waals surface area contributed by atoms with E-state index in [4.69, 9.17) is 4.74 Å². The molecule has 140 valence electrons. The largest absolute Gasteiger partial charge is 0.492 e. The molecule has 0 spiro atoms. The first kappa shape index (κ1) is 19.9. The zero-order chi connectivity index (χ0) is 19.3. The van der Waals surface area contributed by atoms with E-state index in [0.29, 0.717) is 12.3 Å². The summed E-state index contributed by atoms with van der Waals surface area (Å²) in [6.45, 7) is 7.43. The van der Waals surface area contributed by atoms with E-state index >= 15 is 0 Å². The van der Waals surface area contributed by atoms with Crippen LogP contribution in [0.4, 0.5) is 5.69 Å². The number of sulfonamides is 1. The van der Waals surface area contributed by atoms with E-state index in [-0.39, 0.29) is 28.2 Å². The molecule has 0 saturated carbocycles. The van der Waals surface area contributed by atoms with E-state index in [0.717, 1.165) is 5.56 Å². The fourth-order valence-corrected chi connectivity index (χ4v) is 3.84. The Kier molecular flexibility index (Phi) is 6.39. The Labute approximate surface area is 154 Å². The third-order valence-electron chi connectivity index (χ3n) is 3.58. The second kappa shape index (κ2) is 8.33. The molecule has 26 heavy (non-hydrogen) atoms. The van der Waals surface area contributed by atoms with Gasteiger partial charge in [-0.2, -0.15) is 0 Å². The second-order valence-corrected chi connectivity index (χ2v) is 7.82. The van der Waals surface area contributed by atoms with Crippen molar-refractivity contribution in [2.45, 2.75) is 38.6 Å². The molecule has 0 aromatic heterocycles. The van der Waals surface area contributed by atoms with Crippen LogP contribution in [0.3, 0.4) is 0 Å². The molecule has 2 N–H and O–H groups in total. The summed E-state index contributed by atoms with van der Waals surface area (Å²) in [5.41, 5.74) is 1.83. The fourth-order valence-electron chi connectivity index (χ4n) is 2.42. The monoisotopic (exact) mass is 376 g/mol. The van der Waals surface area contributed by atoms with Crippen LogP contribution in [0.1, 0.15) is 36.7 Å². The zero-order valence-corrected chi connectivity index (χ0v) is 16.2. The van der Waals surface area contributed by atoms with E-state index in [1.54, 1.807) is 32.9 Å². The molecule has 0 aliphatic heterocycles. The van der Waals surface area contributed by atoms with Crippen LogP contribution in [0.25, 0.3) is 0 Å². The number of hydrogen-bond acceptors (Lipinski definition) is 4. The quantitative estimate of drug-likeness (QED) is 0.776. The lowest BCUT2D eigenvalue weighted by Gasteiger charge is -2.15. The lowest BCUT2D eigenvalue weighted by atomic mass is 10.1. The SMILES string of the molecule is CCOc1ccc(C(=O)Nc2ccccc2C)cc1S(=O)(=O)NC(C)C. The molecule has 0 heterocycles. The van der Waals surface area contributed by atoms with Crippen LogP contribution >= 0.6 is 0 Å². The van der Waals surface area contributed by atoms with Crippen LogP contribution in [0.5, 0.6) is 5.75 Å². The van der Waals surface area contributed by atoms with Gasteiger partial charge >= 0.3 is 0 Å². The average molecular weight is 376 g/mol. The highest BCUT2D eigenvalue weighted by molar-refractivity contribution is 7.89. The molecule has 0 aliphatic carbocycles. The van der Waals surface area contributed by atoms with Gasteiger partial charge in [-0.3, -0.25) is 4.79 Å². The zero-order valence-electron chi connectivity index (χ0n) is 15.4. The first-order valence-electron chi connectivity index (χ1n) is 8.40. The number of ether oxygens (including phenoxy) is 1. The molecule has 2 rings (SSSR count). The highest BCUT2D eigenvalue weighted by Gasteiger charge is 2.23. The Hall–Kier alpha value is -2.38. The molecular weight excluding hydrogens is 352 g/mol. The van der Waals surface area contributed by atoms with Gasteiger partial charge in [0.25, 0.3) is 5.91 Å². The molecule has 0 unspecified atom stereocenters. The van der Waals surface area contributed by atoms with Crippen LogP contribution in [0.15, 0.2) is 47.4 Å². The first-order valence-corrected chi connectivity index (χ1v) is 9.89. The molecule has 7 heteroatoms. The number of carbonyl (C=O) groups is 1. The molecule has 1 amide bonds. The van der Waals surface area contributed by atoms with Crippen LogP contribution in [0.2, 0.25) is 0 Å². The lowest BCUT2D eigenvalue weighted by molar-refractivity contribution is 0.102. The van der Waals surface area contributed by atoms with Crippen LogP contribution in [0, 0.1) is 6.92 Å². The molecule has 0 atom stereocenters. The van der Waals surface area contributed by atoms with Gasteiger partial charge in [0.1, 0.15) is 10.6 Å². The molecule has 6 nitrogen and oxygen atoms in total. The molecule has 0 aliphatic rings. The lowest BCUT2D eigenvalue weighted by Crippen LogP contribution is -2.30. The maximum Gasteiger partial charge on any atom is 0.255 e. The Balaban J connectivity index is 2.40. The predicted octanol–water partition coefficient (Wildman–Crippen LogP) is 3.33. The van der Waals surface area contributed by atoms with Gasteiger partial charge in [-0.1, -0.05) is 18.2 Å². The topological polar surface area (TPSA) is 84.5 Å². The highest BCUT2D eigenvalue weighted by atomic mass is 32.2. The van der Waals surface area contributed by atoms with Gasteiger partial charge in [-0.25, -0.2) is 13.1 Å². The van der Waals surface area contributed by atoms with Crippen molar-refractivity contribution in [1.82, 2.24) is 4.72 Å². The highest BCUT2D eigenvalue weighted by Crippen LogP contribution is 2.26. The average Bonchev–Trinajstić information content (AvgIpc) is 2.56. The molecule has 0 fully saturated rings. The van der Waals surface area contributed by atoms with Crippen molar-refractivity contribution >= 4 is 21.6 Å². The minimum atomic E-state index is -3.80. The number of hydrogen-bond donors (Lipinski definition) is 2. The maximum atomic E-state index is 12.6. The van der Waals surface area contributed by atoms with E-state index < -0.39 is 10.0 Å². The summed E-state index contributed by atoms with van der Waals surface area (Å²) in [7, 11) is -3.80. The number of amides is 1. The summed E-state index contributed by atoms with van der Waals surface area (Å²) in [6, 6.07) is 11.5. The number of para-hydroxylation sites is 1. The summed E-state index contributed by atoms with van der Waals surface area (Å²) in [6.07, 6.45) is 0. The third kappa shape index (κ3) is 4.83. The molecular formula is C19H24N2O4S. The van der Waals surface area contributed by atoms with Gasteiger partial charge in [-0.15, -0.1) is 0 Å². The molecule has 0 bridgehead atoms. The molecule has 2 aromatic carbocycles. The van der Waals surface area contributed by atoms with Crippen molar-refractivity contribution in [3.8, 4) is 5.75 Å². The van der Waals surface area contributed by atoms with Gasteiger partial charge in [0.05, 0.1) is 6.61 Å². The third-order valence-corrected chi connectivity index (χ3v) is 5.26. The smallest absolute Gasteiger partial charge is 0.255 e. The van der Waals surface area contributed by atoms with Crippen LogP contribution < -0.4 is 14.8 Å². The van der Waals surface area contributed by atoms with E-state index in [2.05, 4.69) is 10.0 Å². The predicted molar refractivity (Wildman–Crippen MR) is 102 cm³/mol. The van der Waals surface area contributed by atoms with Gasteiger partial charge in [0.15, 0.2) is 0 Å². The number of anilines is 1. The van der Waals surface area contributed by atoms with Crippen molar-refractivity contribution in [1.29, 1.82) is 0 Å². The normalized spacial score (nSPS) is 11.4. The Morgan fingerprint density at radius 2 is 1.85 bits per heavy atom. The summed E-state index contributed by atoms with van der Waals surface area (Å²) in [5.74, 6) is -0.170. The minimum absolute atomic E-state index is 0.0505. The number of aryl methyl sites for hydroxylation is 1. The van der Waals surface area contributed by atoms with Crippen molar-refractivity contribution in [3.63, 3.8) is 0 Å². The minimum Gasteiger partial charge on any atom is -0.492 e. The van der Waals surface area contributed by atoms with E-state index in [1.807, 2.05) is 25.1 Å². The maximum absolute atomic E-state index is 12.6. The Bertz CT molecular complexity index is 892. The summed E-state index contributed by atoms with van der Waals surface area (Å²) in [5, 5.41) is 2.80. The van der Waals surface area contributed by atoms with Gasteiger partial charge in [0.2, 0.25) is 10.0 Å². The van der Waals surface area contributed by atoms with E-state index in [1.165, 1.54) is 12.1 Å². The first-order chi connectivity index (χ1) is 12.2. The summed E-state index contributed by atoms with van der Waals surface area (Å²) >= 11 is 0. The number of nitrogens with one attached hydrogen (secondary N) is 2. The van der Waals surface area contributed by atoms with Crippen LogP contribution in [-0.2, 0) is 10.0 Å². The summed E-state index contributed by atoms with van der Waals surface area (Å²) < 4.78 is 33.2. The number of rotatable bonds is 7. The van der Waals surface area contributed by atoms with Gasteiger partial charge < -0.3 is 10.1 Å². The van der Waals surface area contributed by atoms with Gasteiger partial charge in [0, 0.05) is 17.3 Å². The van der Waals surface area contributed by atoms with Crippen molar-refractivity contribution in [2.24, 2.45) is 0 Å². The standard InChI is InChI=1S/C19H24N2O4S/c1-5-25-17-11-10-15(12-18(17)26(23,24)21-13(2)3)19(22)20-16-9-7-6-8-14(16)4/h6-13,21H,5H2,1-4H3,(H,20,22). The summed E-state index contributed by atoms with van der Waals surface area (Å²) in [4.78, 5) is 12.5. The van der Waals surface area contributed by atoms with Crippen molar-refractivity contribution in [3.05, 3.63) is 53.6 Å². The number of carbonyl (C=O) groups excluding carboxylic acids is 1. The molecule has 2 aromatic rings. The van der Waals surface area contributed by atoms with Crippen LogP contribution in [-0.4, -0.2) is 27.0 Å². The molecule has 0 saturated heterocycles. The van der Waals surface area contributed by atoms with Gasteiger partial charge in [-0.05, 0) is 57.5 Å². The second-order valence-electron chi connectivity index (χ2n) is 6.14. The van der Waals surface area contributed by atoms with Crippen molar-refractivity contribution in [2.75, 3.05) is 11.9 Å². The fraction of sp³-hybridized carbons (Fsp3) is 0.316. The molecule has 0 radical (unpaired) electrons. The Morgan fingerprint density at radius 1 is 1.15 bits per heavy atom. The Morgan fingerprint density at radius 3 is 2.46 bits per heavy atom. The van der Waals surface area contributed by atoms with Crippen molar-refractivity contribution < 1.29 is 17.9 Å². The van der Waals surface area contributed by atoms with E-state index in [9.17, 15) is 13.2 Å². The number of benzene rings is 2.